The van der Waals surface area contributed by atoms with Gasteiger partial charge in [-0.05, 0) is 60.6 Å². The van der Waals surface area contributed by atoms with Crippen LogP contribution in [0.3, 0.4) is 0 Å². The van der Waals surface area contributed by atoms with Gasteiger partial charge in [-0.1, -0.05) is 29.8 Å². The lowest BCUT2D eigenvalue weighted by Crippen LogP contribution is -2.36. The van der Waals surface area contributed by atoms with Crippen molar-refractivity contribution in [3.63, 3.8) is 0 Å². The molecule has 3 amide bonds. The fourth-order valence-corrected chi connectivity index (χ4v) is 4.34. The lowest BCUT2D eigenvalue weighted by molar-refractivity contribution is -0.127. The van der Waals surface area contributed by atoms with Crippen LogP contribution in [0.25, 0.3) is 17.4 Å². The summed E-state index contributed by atoms with van der Waals surface area (Å²) in [7, 11) is 0. The van der Waals surface area contributed by atoms with Gasteiger partial charge in [0.1, 0.15) is 18.1 Å². The van der Waals surface area contributed by atoms with E-state index in [1.165, 1.54) is 18.2 Å². The second-order valence-corrected chi connectivity index (χ2v) is 8.79. The van der Waals surface area contributed by atoms with Crippen LogP contribution in [-0.4, -0.2) is 39.6 Å². The first-order valence-corrected chi connectivity index (χ1v) is 11.2. The molecule has 10 heteroatoms. The Balaban J connectivity index is 1.46. The van der Waals surface area contributed by atoms with E-state index < -0.39 is 29.6 Å². The number of carboxylic acids is 1. The number of amides is 3. The molecule has 0 radical (unpaired) electrons. The quantitative estimate of drug-likeness (QED) is 0.446. The zero-order valence-corrected chi connectivity index (χ0v) is 19.3. The lowest BCUT2D eigenvalue weighted by Gasteiger charge is -2.12. The molecular weight excluding hydrogens is 480 g/mol. The molecule has 0 aliphatic carbocycles. The number of nitrogens with zero attached hydrogens (tertiary/aromatic N) is 1. The van der Waals surface area contributed by atoms with Crippen LogP contribution in [0.2, 0.25) is 5.02 Å². The number of thioether (sulfide) groups is 1. The number of furan rings is 1. The molecule has 1 aromatic heterocycles. The van der Waals surface area contributed by atoms with Gasteiger partial charge in [0, 0.05) is 17.3 Å². The third-order valence-electron chi connectivity index (χ3n) is 4.86. The van der Waals surface area contributed by atoms with Crippen LogP contribution in [-0.2, 0) is 9.59 Å². The van der Waals surface area contributed by atoms with Crippen molar-refractivity contribution in [1.82, 2.24) is 4.90 Å². The Morgan fingerprint density at radius 3 is 2.65 bits per heavy atom. The van der Waals surface area contributed by atoms with Crippen molar-refractivity contribution in [3.05, 3.63) is 81.4 Å². The van der Waals surface area contributed by atoms with E-state index in [2.05, 4.69) is 5.32 Å². The van der Waals surface area contributed by atoms with Gasteiger partial charge in [0.2, 0.25) is 5.91 Å². The average molecular weight is 497 g/mol. The molecule has 0 unspecified atom stereocenters. The molecule has 1 saturated heterocycles. The molecule has 1 aliphatic rings. The van der Waals surface area contributed by atoms with Crippen LogP contribution < -0.4 is 5.32 Å². The highest BCUT2D eigenvalue weighted by atomic mass is 35.5. The monoisotopic (exact) mass is 496 g/mol. The number of imide groups is 1. The summed E-state index contributed by atoms with van der Waals surface area (Å²) >= 11 is 6.72. The normalized spacial score (nSPS) is 14.6. The highest BCUT2D eigenvalue weighted by Crippen LogP contribution is 2.34. The van der Waals surface area contributed by atoms with Crippen LogP contribution in [0, 0.1) is 6.92 Å². The molecule has 8 nitrogen and oxygen atoms in total. The maximum atomic E-state index is 12.7. The van der Waals surface area contributed by atoms with E-state index in [-0.39, 0.29) is 15.5 Å². The fraction of sp³-hybridized carbons (Fsp3) is 0.0833. The summed E-state index contributed by atoms with van der Waals surface area (Å²) in [6.07, 6.45) is 1.42. The van der Waals surface area contributed by atoms with Crippen molar-refractivity contribution < 1.29 is 28.7 Å². The second kappa shape index (κ2) is 9.58. The molecule has 1 fully saturated rings. The third kappa shape index (κ3) is 5.05. The minimum absolute atomic E-state index is 0.0303. The zero-order valence-electron chi connectivity index (χ0n) is 17.7. The van der Waals surface area contributed by atoms with E-state index in [9.17, 15) is 19.2 Å². The highest BCUT2D eigenvalue weighted by Gasteiger charge is 2.36. The van der Waals surface area contributed by atoms with E-state index in [0.717, 1.165) is 10.5 Å². The Bertz CT molecular complexity index is 1360. The van der Waals surface area contributed by atoms with E-state index in [1.54, 1.807) is 36.4 Å². The molecule has 0 spiro atoms. The Kier molecular flexibility index (Phi) is 6.58. The molecule has 172 valence electrons. The van der Waals surface area contributed by atoms with Crippen LogP contribution in [0.4, 0.5) is 10.5 Å². The molecule has 2 aromatic carbocycles. The predicted octanol–water partition coefficient (Wildman–Crippen LogP) is 5.28. The number of hydrogen-bond donors (Lipinski definition) is 2. The van der Waals surface area contributed by atoms with Gasteiger partial charge in [-0.3, -0.25) is 19.3 Å². The number of benzene rings is 2. The van der Waals surface area contributed by atoms with Gasteiger partial charge in [0.05, 0.1) is 15.5 Å². The maximum Gasteiger partial charge on any atom is 0.337 e. The number of carbonyl (C=O) groups excluding carboxylic acids is 3. The maximum absolute atomic E-state index is 12.7. The van der Waals surface area contributed by atoms with Gasteiger partial charge < -0.3 is 14.8 Å². The van der Waals surface area contributed by atoms with Crippen molar-refractivity contribution in [1.29, 1.82) is 0 Å². The first kappa shape index (κ1) is 23.3. The van der Waals surface area contributed by atoms with Crippen molar-refractivity contribution in [2.45, 2.75) is 6.92 Å². The third-order valence-corrected chi connectivity index (χ3v) is 6.08. The summed E-state index contributed by atoms with van der Waals surface area (Å²) in [5.41, 5.74) is 2.06. The summed E-state index contributed by atoms with van der Waals surface area (Å²) in [6.45, 7) is 1.48. The number of carbonyl (C=O) groups is 4. The number of aromatic carboxylic acids is 1. The lowest BCUT2D eigenvalue weighted by atomic mass is 10.1. The summed E-state index contributed by atoms with van der Waals surface area (Å²) in [4.78, 5) is 49.5. The minimum Gasteiger partial charge on any atom is -0.478 e. The van der Waals surface area contributed by atoms with Crippen LogP contribution in [0.5, 0.6) is 0 Å². The number of halogens is 1. The van der Waals surface area contributed by atoms with E-state index in [1.807, 2.05) is 13.0 Å². The number of aryl methyl sites for hydroxylation is 1. The Morgan fingerprint density at radius 2 is 1.94 bits per heavy atom. The number of nitrogens with one attached hydrogen (secondary N) is 1. The van der Waals surface area contributed by atoms with Gasteiger partial charge in [-0.25, -0.2) is 4.79 Å². The molecule has 34 heavy (non-hydrogen) atoms. The first-order valence-electron chi connectivity index (χ1n) is 9.96. The van der Waals surface area contributed by atoms with Gasteiger partial charge in [0.15, 0.2) is 0 Å². The molecule has 1 aliphatic heterocycles. The molecular formula is C24H17ClN2O6S. The smallest absolute Gasteiger partial charge is 0.337 e. The van der Waals surface area contributed by atoms with E-state index in [0.29, 0.717) is 34.5 Å². The predicted molar refractivity (Wildman–Crippen MR) is 129 cm³/mol. The van der Waals surface area contributed by atoms with Gasteiger partial charge in [-0.2, -0.15) is 0 Å². The Labute approximate surface area is 203 Å². The van der Waals surface area contributed by atoms with Crippen molar-refractivity contribution in [3.8, 4) is 11.3 Å². The number of carboxylic acid groups (broad SMARTS) is 1. The molecule has 0 bridgehead atoms. The Morgan fingerprint density at radius 1 is 1.15 bits per heavy atom. The molecule has 0 saturated carbocycles. The standard InChI is InChI=1S/C24H17ClN2O6S/c1-13-3-2-4-15(9-13)26-21(28)12-27-22(29)20(34-24(27)32)11-16-6-8-19(33-16)14-5-7-17(23(30)31)18(25)10-14/h2-11H,12H2,1H3,(H,26,28)(H,30,31). The molecule has 2 heterocycles. The number of rotatable bonds is 6. The fourth-order valence-electron chi connectivity index (χ4n) is 3.26. The summed E-state index contributed by atoms with van der Waals surface area (Å²) in [6, 6.07) is 14.8. The van der Waals surface area contributed by atoms with Crippen molar-refractivity contribution in [2.24, 2.45) is 0 Å². The topological polar surface area (TPSA) is 117 Å². The highest BCUT2D eigenvalue weighted by molar-refractivity contribution is 8.18. The van der Waals surface area contributed by atoms with Crippen LogP contribution >= 0.6 is 23.4 Å². The number of anilines is 1. The van der Waals surface area contributed by atoms with E-state index >= 15 is 0 Å². The van der Waals surface area contributed by atoms with Crippen LogP contribution in [0.15, 0.2) is 63.9 Å². The first-order chi connectivity index (χ1) is 16.2. The van der Waals surface area contributed by atoms with Crippen molar-refractivity contribution in [2.75, 3.05) is 11.9 Å². The second-order valence-electron chi connectivity index (χ2n) is 7.39. The SMILES string of the molecule is Cc1cccc(NC(=O)CN2C(=O)SC(=Cc3ccc(-c4ccc(C(=O)O)c(Cl)c4)o3)C2=O)c1. The molecule has 2 N–H and O–H groups in total. The Hall–Kier alpha value is -3.82. The summed E-state index contributed by atoms with van der Waals surface area (Å²) < 4.78 is 5.72. The zero-order chi connectivity index (χ0) is 24.4. The average Bonchev–Trinajstić information content (AvgIpc) is 3.34. The van der Waals surface area contributed by atoms with Crippen LogP contribution in [0.1, 0.15) is 21.7 Å². The molecule has 0 atom stereocenters. The summed E-state index contributed by atoms with van der Waals surface area (Å²) in [5.74, 6) is -1.51. The number of hydrogen-bond acceptors (Lipinski definition) is 6. The largest absolute Gasteiger partial charge is 0.478 e. The van der Waals surface area contributed by atoms with Gasteiger partial charge in [-0.15, -0.1) is 0 Å². The minimum atomic E-state index is -1.14. The van der Waals surface area contributed by atoms with Gasteiger partial charge in [0.25, 0.3) is 11.1 Å². The molecule has 3 aromatic rings. The molecule has 4 rings (SSSR count). The van der Waals surface area contributed by atoms with E-state index in [4.69, 9.17) is 21.1 Å². The van der Waals surface area contributed by atoms with Gasteiger partial charge >= 0.3 is 5.97 Å². The summed E-state index contributed by atoms with van der Waals surface area (Å²) in [5, 5.41) is 11.3. The van der Waals surface area contributed by atoms with Crippen molar-refractivity contribution >= 4 is 58.1 Å².